The molecule has 0 fully saturated rings. The van der Waals surface area contributed by atoms with Crippen molar-refractivity contribution in [3.05, 3.63) is 83.9 Å². The van der Waals surface area contributed by atoms with Gasteiger partial charge in [-0.05, 0) is 36.4 Å². The SMILES string of the molecule is COc1ccc(C=NNc2cc(Nc3ccccc3)nc(NN=Cc3ccc(OC)cc3OC)n2)c(OC)c1. The molecule has 0 bridgehead atoms. The lowest BCUT2D eigenvalue weighted by molar-refractivity contribution is 0.393. The Labute approximate surface area is 226 Å². The number of benzene rings is 3. The van der Waals surface area contributed by atoms with Crippen molar-refractivity contribution >= 4 is 35.7 Å². The van der Waals surface area contributed by atoms with E-state index in [0.717, 1.165) is 16.8 Å². The lowest BCUT2D eigenvalue weighted by Crippen LogP contribution is -2.04. The van der Waals surface area contributed by atoms with E-state index in [0.29, 0.717) is 34.6 Å². The molecule has 0 aliphatic heterocycles. The molecule has 39 heavy (non-hydrogen) atoms. The maximum atomic E-state index is 5.43. The number of nitrogens with zero attached hydrogens (tertiary/aromatic N) is 4. The van der Waals surface area contributed by atoms with Crippen molar-refractivity contribution in [2.24, 2.45) is 10.2 Å². The number of anilines is 4. The van der Waals surface area contributed by atoms with Crippen LogP contribution in [0.15, 0.2) is 83.0 Å². The molecule has 3 N–H and O–H groups in total. The fourth-order valence-corrected chi connectivity index (χ4v) is 3.47. The van der Waals surface area contributed by atoms with Gasteiger partial charge in [-0.2, -0.15) is 20.2 Å². The number of ether oxygens (including phenoxy) is 4. The zero-order chi connectivity index (χ0) is 27.5. The van der Waals surface area contributed by atoms with E-state index in [1.807, 2.05) is 54.6 Å². The first-order chi connectivity index (χ1) is 19.1. The van der Waals surface area contributed by atoms with Crippen molar-refractivity contribution < 1.29 is 18.9 Å². The van der Waals surface area contributed by atoms with E-state index in [2.05, 4.69) is 36.3 Å². The average Bonchev–Trinajstić information content (AvgIpc) is 2.97. The molecule has 0 saturated carbocycles. The maximum absolute atomic E-state index is 5.43. The van der Waals surface area contributed by atoms with Crippen molar-refractivity contribution in [1.82, 2.24) is 9.97 Å². The van der Waals surface area contributed by atoms with Gasteiger partial charge in [0.15, 0.2) is 5.82 Å². The predicted molar refractivity (Wildman–Crippen MR) is 153 cm³/mol. The molecular weight excluding hydrogens is 498 g/mol. The Morgan fingerprint density at radius 3 is 1.74 bits per heavy atom. The molecule has 0 spiro atoms. The minimum Gasteiger partial charge on any atom is -0.497 e. The molecule has 0 radical (unpaired) electrons. The van der Waals surface area contributed by atoms with Gasteiger partial charge in [0.05, 0.1) is 40.9 Å². The number of hydrogen-bond acceptors (Lipinski definition) is 11. The van der Waals surface area contributed by atoms with E-state index in [1.54, 1.807) is 59.1 Å². The van der Waals surface area contributed by atoms with Crippen LogP contribution >= 0.6 is 0 Å². The van der Waals surface area contributed by atoms with Crippen LogP contribution in [0.5, 0.6) is 23.0 Å². The third kappa shape index (κ3) is 7.35. The first-order valence-electron chi connectivity index (χ1n) is 11.8. The molecule has 0 aliphatic carbocycles. The van der Waals surface area contributed by atoms with Gasteiger partial charge in [0.2, 0.25) is 5.95 Å². The zero-order valence-corrected chi connectivity index (χ0v) is 22.0. The predicted octanol–water partition coefficient (Wildman–Crippen LogP) is 5.15. The van der Waals surface area contributed by atoms with Gasteiger partial charge in [0, 0.05) is 35.0 Å². The Kier molecular flexibility index (Phi) is 9.11. The number of methoxy groups -OCH3 is 4. The van der Waals surface area contributed by atoms with Crippen LogP contribution in [0.3, 0.4) is 0 Å². The minimum atomic E-state index is 0.249. The molecule has 1 aromatic heterocycles. The molecule has 4 rings (SSSR count). The third-order valence-corrected chi connectivity index (χ3v) is 5.40. The molecule has 4 aromatic rings. The largest absolute Gasteiger partial charge is 0.497 e. The summed E-state index contributed by atoms with van der Waals surface area (Å²) in [5.41, 5.74) is 8.20. The van der Waals surface area contributed by atoms with E-state index >= 15 is 0 Å². The third-order valence-electron chi connectivity index (χ3n) is 5.40. The van der Waals surface area contributed by atoms with Gasteiger partial charge in [0.25, 0.3) is 0 Å². The molecule has 0 unspecified atom stereocenters. The molecule has 11 nitrogen and oxygen atoms in total. The van der Waals surface area contributed by atoms with Gasteiger partial charge in [-0.1, -0.05) is 18.2 Å². The summed E-state index contributed by atoms with van der Waals surface area (Å²) in [5.74, 6) is 3.84. The standard InChI is InChI=1S/C28H29N7O4/c1-36-22-12-10-19(24(14-22)38-3)17-29-34-27-16-26(31-21-8-6-5-7-9-21)32-28(33-27)35-30-18-20-11-13-23(37-2)15-25(20)39-4/h5-18H,1-4H3,(H3,31,32,33,34,35). The van der Waals surface area contributed by atoms with E-state index in [1.165, 1.54) is 0 Å². The van der Waals surface area contributed by atoms with Gasteiger partial charge in [-0.3, -0.25) is 5.43 Å². The van der Waals surface area contributed by atoms with Crippen LogP contribution < -0.4 is 35.1 Å². The number of hydrogen-bond donors (Lipinski definition) is 3. The number of aromatic nitrogens is 2. The van der Waals surface area contributed by atoms with Gasteiger partial charge < -0.3 is 24.3 Å². The lowest BCUT2D eigenvalue weighted by Gasteiger charge is -2.10. The fraction of sp³-hybridized carbons (Fsp3) is 0.143. The average molecular weight is 528 g/mol. The number of nitrogens with one attached hydrogen (secondary N) is 3. The fourth-order valence-electron chi connectivity index (χ4n) is 3.47. The van der Waals surface area contributed by atoms with Crippen molar-refractivity contribution in [3.8, 4) is 23.0 Å². The van der Waals surface area contributed by atoms with Gasteiger partial charge in [-0.25, -0.2) is 5.43 Å². The van der Waals surface area contributed by atoms with Gasteiger partial charge in [-0.15, -0.1) is 0 Å². The van der Waals surface area contributed by atoms with Crippen LogP contribution in [0, 0.1) is 0 Å². The molecule has 1 heterocycles. The first kappa shape index (κ1) is 26.7. The molecule has 11 heteroatoms. The van der Waals surface area contributed by atoms with E-state index in [9.17, 15) is 0 Å². The second kappa shape index (κ2) is 13.3. The van der Waals surface area contributed by atoms with Crippen molar-refractivity contribution in [3.63, 3.8) is 0 Å². The Morgan fingerprint density at radius 1 is 0.615 bits per heavy atom. The summed E-state index contributed by atoms with van der Waals surface area (Å²) in [6, 6.07) is 22.3. The van der Waals surface area contributed by atoms with Crippen molar-refractivity contribution in [1.29, 1.82) is 0 Å². The van der Waals surface area contributed by atoms with E-state index in [-0.39, 0.29) is 5.95 Å². The highest BCUT2D eigenvalue weighted by Gasteiger charge is 2.07. The summed E-state index contributed by atoms with van der Waals surface area (Å²) in [6.07, 6.45) is 3.24. The van der Waals surface area contributed by atoms with Gasteiger partial charge in [0.1, 0.15) is 28.8 Å². The molecule has 200 valence electrons. The summed E-state index contributed by atoms with van der Waals surface area (Å²) >= 11 is 0. The summed E-state index contributed by atoms with van der Waals surface area (Å²) in [4.78, 5) is 8.99. The topological polar surface area (TPSA) is 124 Å². The number of hydrazone groups is 2. The Hall–Kier alpha value is -5.32. The van der Waals surface area contributed by atoms with E-state index in [4.69, 9.17) is 18.9 Å². The zero-order valence-electron chi connectivity index (χ0n) is 22.0. The summed E-state index contributed by atoms with van der Waals surface area (Å²) in [5, 5.41) is 11.9. The van der Waals surface area contributed by atoms with Crippen LogP contribution in [0.2, 0.25) is 0 Å². The molecule has 0 saturated heterocycles. The molecule has 0 amide bonds. The molecular formula is C28H29N7O4. The Morgan fingerprint density at radius 2 is 1.18 bits per heavy atom. The van der Waals surface area contributed by atoms with Gasteiger partial charge >= 0.3 is 0 Å². The summed E-state index contributed by atoms with van der Waals surface area (Å²) < 4.78 is 21.3. The maximum Gasteiger partial charge on any atom is 0.247 e. The highest BCUT2D eigenvalue weighted by atomic mass is 16.5. The quantitative estimate of drug-likeness (QED) is 0.170. The second-order valence-corrected chi connectivity index (χ2v) is 7.91. The Balaban J connectivity index is 1.55. The number of rotatable bonds is 12. The highest BCUT2D eigenvalue weighted by Crippen LogP contribution is 2.25. The number of para-hydroxylation sites is 1. The van der Waals surface area contributed by atoms with E-state index < -0.39 is 0 Å². The molecule has 0 atom stereocenters. The molecule has 3 aromatic carbocycles. The normalized spacial score (nSPS) is 10.9. The summed E-state index contributed by atoms with van der Waals surface area (Å²) in [6.45, 7) is 0. The van der Waals surface area contributed by atoms with Crippen LogP contribution in [0.4, 0.5) is 23.3 Å². The van der Waals surface area contributed by atoms with Crippen molar-refractivity contribution in [2.45, 2.75) is 0 Å². The minimum absolute atomic E-state index is 0.249. The van der Waals surface area contributed by atoms with Crippen LogP contribution in [0.25, 0.3) is 0 Å². The second-order valence-electron chi connectivity index (χ2n) is 7.91. The van der Waals surface area contributed by atoms with Crippen LogP contribution in [0.1, 0.15) is 11.1 Å². The van der Waals surface area contributed by atoms with Crippen LogP contribution in [-0.4, -0.2) is 50.8 Å². The first-order valence-corrected chi connectivity index (χ1v) is 11.8. The summed E-state index contributed by atoms with van der Waals surface area (Å²) in [7, 11) is 6.37. The lowest BCUT2D eigenvalue weighted by atomic mass is 10.2. The smallest absolute Gasteiger partial charge is 0.247 e. The van der Waals surface area contributed by atoms with Crippen LogP contribution in [-0.2, 0) is 0 Å². The highest BCUT2D eigenvalue weighted by molar-refractivity contribution is 5.85. The van der Waals surface area contributed by atoms with Crippen molar-refractivity contribution in [2.75, 3.05) is 44.6 Å². The monoisotopic (exact) mass is 527 g/mol. The molecule has 0 aliphatic rings. The Bertz CT molecular complexity index is 1360.